The first-order valence-corrected chi connectivity index (χ1v) is 6.20. The zero-order chi connectivity index (χ0) is 11.7. The molecule has 0 aromatic heterocycles. The van der Waals surface area contributed by atoms with Crippen LogP contribution in [0.4, 0.5) is 0 Å². The zero-order valence-electron chi connectivity index (χ0n) is 10.0. The number of rotatable bonds is 3. The van der Waals surface area contributed by atoms with Crippen molar-refractivity contribution in [3.63, 3.8) is 0 Å². The predicted octanol–water partition coefficient (Wildman–Crippen LogP) is 0.912. The number of carbonyl (C=O) groups is 2. The van der Waals surface area contributed by atoms with E-state index in [1.807, 2.05) is 13.8 Å². The average Bonchev–Trinajstić information content (AvgIpc) is 2.91. The number of hydrogen-bond acceptors (Lipinski definition) is 2. The Morgan fingerprint density at radius 2 is 1.94 bits per heavy atom. The maximum absolute atomic E-state index is 11.9. The molecule has 2 fully saturated rings. The molecule has 1 atom stereocenters. The van der Waals surface area contributed by atoms with Crippen LogP contribution in [0.25, 0.3) is 0 Å². The van der Waals surface area contributed by atoms with Gasteiger partial charge in [0, 0.05) is 18.5 Å². The lowest BCUT2D eigenvalue weighted by molar-refractivity contribution is -0.140. The van der Waals surface area contributed by atoms with Crippen molar-refractivity contribution >= 4 is 11.8 Å². The summed E-state index contributed by atoms with van der Waals surface area (Å²) >= 11 is 0. The molecule has 4 nitrogen and oxygen atoms in total. The van der Waals surface area contributed by atoms with Gasteiger partial charge in [0.1, 0.15) is 6.04 Å². The summed E-state index contributed by atoms with van der Waals surface area (Å²) in [4.78, 5) is 25.6. The second kappa shape index (κ2) is 4.44. The van der Waals surface area contributed by atoms with Crippen LogP contribution in [0.1, 0.15) is 39.5 Å². The lowest BCUT2D eigenvalue weighted by Crippen LogP contribution is -2.47. The summed E-state index contributed by atoms with van der Waals surface area (Å²) in [5.74, 6) is 0.136. The van der Waals surface area contributed by atoms with E-state index in [1.165, 1.54) is 0 Å². The largest absolute Gasteiger partial charge is 0.352 e. The van der Waals surface area contributed by atoms with Crippen LogP contribution in [0.15, 0.2) is 0 Å². The summed E-state index contributed by atoms with van der Waals surface area (Å²) < 4.78 is 0. The molecule has 2 amide bonds. The first-order chi connectivity index (χ1) is 7.59. The molecule has 1 aliphatic heterocycles. The molecule has 1 unspecified atom stereocenters. The molecule has 90 valence electrons. The Labute approximate surface area is 96.4 Å². The summed E-state index contributed by atoms with van der Waals surface area (Å²) in [5.41, 5.74) is 0. The van der Waals surface area contributed by atoms with Crippen molar-refractivity contribution in [2.75, 3.05) is 6.54 Å². The van der Waals surface area contributed by atoms with Crippen molar-refractivity contribution in [3.8, 4) is 0 Å². The van der Waals surface area contributed by atoms with Gasteiger partial charge in [0.25, 0.3) is 0 Å². The minimum absolute atomic E-state index is 0.0191. The Kier molecular flexibility index (Phi) is 3.17. The Morgan fingerprint density at radius 3 is 2.50 bits per heavy atom. The molecule has 0 aromatic rings. The fourth-order valence-corrected chi connectivity index (χ4v) is 2.16. The van der Waals surface area contributed by atoms with E-state index in [4.69, 9.17) is 0 Å². The number of likely N-dealkylation sites (tertiary alicyclic amines) is 1. The number of amides is 2. The van der Waals surface area contributed by atoms with Crippen LogP contribution < -0.4 is 5.32 Å². The third-order valence-corrected chi connectivity index (χ3v) is 3.26. The van der Waals surface area contributed by atoms with Gasteiger partial charge >= 0.3 is 0 Å². The van der Waals surface area contributed by atoms with Gasteiger partial charge in [-0.15, -0.1) is 0 Å². The molecular weight excluding hydrogens is 204 g/mol. The fourth-order valence-electron chi connectivity index (χ4n) is 2.16. The number of nitrogens with zero attached hydrogens (tertiary/aromatic N) is 1. The minimum atomic E-state index is -0.213. The second-order valence-electron chi connectivity index (χ2n) is 5.13. The summed E-state index contributed by atoms with van der Waals surface area (Å²) in [7, 11) is 0. The van der Waals surface area contributed by atoms with Crippen LogP contribution in [-0.2, 0) is 9.59 Å². The minimum Gasteiger partial charge on any atom is -0.352 e. The third kappa shape index (κ3) is 2.36. The lowest BCUT2D eigenvalue weighted by Gasteiger charge is -2.25. The number of hydrogen-bond donors (Lipinski definition) is 1. The van der Waals surface area contributed by atoms with Gasteiger partial charge < -0.3 is 10.2 Å². The van der Waals surface area contributed by atoms with E-state index in [-0.39, 0.29) is 23.8 Å². The van der Waals surface area contributed by atoms with Crippen LogP contribution in [0, 0.1) is 5.92 Å². The quantitative estimate of drug-likeness (QED) is 0.774. The van der Waals surface area contributed by atoms with Crippen molar-refractivity contribution in [2.45, 2.75) is 51.6 Å². The molecule has 0 spiro atoms. The first kappa shape index (κ1) is 11.4. The number of nitrogens with one attached hydrogen (secondary N) is 1. The summed E-state index contributed by atoms with van der Waals surface area (Å²) in [6, 6.07) is 0.166. The van der Waals surface area contributed by atoms with Crippen molar-refractivity contribution in [1.29, 1.82) is 0 Å². The van der Waals surface area contributed by atoms with E-state index in [2.05, 4.69) is 5.32 Å². The van der Waals surface area contributed by atoms with Gasteiger partial charge in [0.2, 0.25) is 11.8 Å². The van der Waals surface area contributed by atoms with Gasteiger partial charge in [0.15, 0.2) is 0 Å². The zero-order valence-corrected chi connectivity index (χ0v) is 10.0. The van der Waals surface area contributed by atoms with Crippen molar-refractivity contribution in [2.24, 2.45) is 5.92 Å². The number of carbonyl (C=O) groups excluding carboxylic acids is 2. The highest BCUT2D eigenvalue weighted by Gasteiger charge is 2.36. The van der Waals surface area contributed by atoms with E-state index >= 15 is 0 Å². The van der Waals surface area contributed by atoms with Gasteiger partial charge in [-0.25, -0.2) is 0 Å². The summed E-state index contributed by atoms with van der Waals surface area (Å²) in [5, 5.41) is 2.99. The molecule has 1 saturated carbocycles. The Bertz CT molecular complexity index is 297. The highest BCUT2D eigenvalue weighted by Crippen LogP contribution is 2.23. The normalized spacial score (nSPS) is 24.9. The Morgan fingerprint density at radius 1 is 1.25 bits per heavy atom. The van der Waals surface area contributed by atoms with Gasteiger partial charge in [-0.3, -0.25) is 9.59 Å². The van der Waals surface area contributed by atoms with Crippen molar-refractivity contribution in [1.82, 2.24) is 10.2 Å². The molecule has 1 heterocycles. The van der Waals surface area contributed by atoms with Crippen LogP contribution >= 0.6 is 0 Å². The highest BCUT2D eigenvalue weighted by atomic mass is 16.2. The molecule has 2 rings (SSSR count). The summed E-state index contributed by atoms with van der Waals surface area (Å²) in [6.07, 6.45) is 3.95. The van der Waals surface area contributed by atoms with E-state index in [0.717, 1.165) is 32.2 Å². The molecule has 1 N–H and O–H groups in total. The Hall–Kier alpha value is -1.06. The van der Waals surface area contributed by atoms with Crippen LogP contribution in [0.2, 0.25) is 0 Å². The van der Waals surface area contributed by atoms with Crippen LogP contribution in [0.3, 0.4) is 0 Å². The second-order valence-corrected chi connectivity index (χ2v) is 5.13. The molecule has 2 aliphatic rings. The third-order valence-electron chi connectivity index (χ3n) is 3.26. The van der Waals surface area contributed by atoms with Gasteiger partial charge in [-0.05, 0) is 25.7 Å². The van der Waals surface area contributed by atoms with Crippen molar-refractivity contribution in [3.05, 3.63) is 0 Å². The first-order valence-electron chi connectivity index (χ1n) is 6.20. The van der Waals surface area contributed by atoms with Gasteiger partial charge in [-0.1, -0.05) is 13.8 Å². The smallest absolute Gasteiger partial charge is 0.243 e. The lowest BCUT2D eigenvalue weighted by atomic mass is 10.1. The van der Waals surface area contributed by atoms with Crippen LogP contribution in [0.5, 0.6) is 0 Å². The molecule has 1 aliphatic carbocycles. The fraction of sp³-hybridized carbons (Fsp3) is 0.833. The maximum atomic E-state index is 11.9. The molecule has 0 bridgehead atoms. The summed E-state index contributed by atoms with van der Waals surface area (Å²) in [6.45, 7) is 4.51. The SMILES string of the molecule is CC(C)C(=O)N1CCCC1C(=O)NC1CC1. The molecule has 1 saturated heterocycles. The molecule has 16 heavy (non-hydrogen) atoms. The molecule has 0 aromatic carbocycles. The van der Waals surface area contributed by atoms with E-state index in [0.29, 0.717) is 6.04 Å². The van der Waals surface area contributed by atoms with E-state index in [9.17, 15) is 9.59 Å². The average molecular weight is 224 g/mol. The molecule has 0 radical (unpaired) electrons. The van der Waals surface area contributed by atoms with E-state index < -0.39 is 0 Å². The molecular formula is C12H20N2O2. The van der Waals surface area contributed by atoms with E-state index in [1.54, 1.807) is 4.90 Å². The topological polar surface area (TPSA) is 49.4 Å². The maximum Gasteiger partial charge on any atom is 0.243 e. The van der Waals surface area contributed by atoms with Gasteiger partial charge in [0.05, 0.1) is 0 Å². The monoisotopic (exact) mass is 224 g/mol. The predicted molar refractivity (Wildman–Crippen MR) is 60.7 cm³/mol. The van der Waals surface area contributed by atoms with Gasteiger partial charge in [-0.2, -0.15) is 0 Å². The van der Waals surface area contributed by atoms with Crippen LogP contribution in [-0.4, -0.2) is 35.3 Å². The Balaban J connectivity index is 1.96. The molecule has 4 heteroatoms. The highest BCUT2D eigenvalue weighted by molar-refractivity contribution is 5.89. The standard InChI is InChI=1S/C12H20N2O2/c1-8(2)12(16)14-7-3-4-10(14)11(15)13-9-5-6-9/h8-10H,3-7H2,1-2H3,(H,13,15). The van der Waals surface area contributed by atoms with Crippen molar-refractivity contribution < 1.29 is 9.59 Å².